The molecule has 0 spiro atoms. The summed E-state index contributed by atoms with van der Waals surface area (Å²) in [5, 5.41) is 8.88. The molecule has 11 aromatic carbocycles. The SMILES string of the molecule is CC(C)(C)c1cccc(N(c2cccc(-c3ccccc3)c2)c2ccc3c(c2)oc2cc4cc5c(cc4cc23)oc2cc(N(c3ccc(-c4ccccc4)cc3)c3ccc4ccccc4c3)ccc25)c1. The van der Waals surface area contributed by atoms with E-state index in [1.807, 2.05) is 0 Å². The minimum atomic E-state index is -0.00918. The number of anilines is 6. The summed E-state index contributed by atoms with van der Waals surface area (Å²) in [4.78, 5) is 4.66. The van der Waals surface area contributed by atoms with Crippen molar-refractivity contribution < 1.29 is 8.83 Å². The fraction of sp³-hybridized carbons (Fsp3) is 0.0606. The lowest BCUT2D eigenvalue weighted by Gasteiger charge is -2.28. The molecule has 0 atom stereocenters. The van der Waals surface area contributed by atoms with Gasteiger partial charge in [-0.05, 0) is 152 Å². The van der Waals surface area contributed by atoms with Crippen molar-refractivity contribution >= 4 is 99.5 Å². The first-order valence-corrected chi connectivity index (χ1v) is 24.0. The highest BCUT2D eigenvalue weighted by Gasteiger charge is 2.21. The van der Waals surface area contributed by atoms with Crippen LogP contribution in [0.4, 0.5) is 34.1 Å². The van der Waals surface area contributed by atoms with E-state index in [1.165, 1.54) is 38.6 Å². The van der Waals surface area contributed by atoms with E-state index in [0.29, 0.717) is 0 Å². The van der Waals surface area contributed by atoms with Gasteiger partial charge in [0.25, 0.3) is 0 Å². The van der Waals surface area contributed by atoms with E-state index in [0.717, 1.165) is 88.8 Å². The second kappa shape index (κ2) is 16.4. The molecule has 0 aliphatic carbocycles. The van der Waals surface area contributed by atoms with Gasteiger partial charge in [-0.1, -0.05) is 148 Å². The van der Waals surface area contributed by atoms with E-state index in [2.05, 4.69) is 267 Å². The van der Waals surface area contributed by atoms with E-state index >= 15 is 0 Å². The normalized spacial score (nSPS) is 11.9. The van der Waals surface area contributed by atoms with Crippen molar-refractivity contribution in [3.63, 3.8) is 0 Å². The van der Waals surface area contributed by atoms with Gasteiger partial charge in [-0.2, -0.15) is 0 Å². The van der Waals surface area contributed by atoms with E-state index in [9.17, 15) is 0 Å². The molecule has 334 valence electrons. The number of benzene rings is 11. The first-order chi connectivity index (χ1) is 34.3. The van der Waals surface area contributed by atoms with Crippen molar-refractivity contribution in [2.45, 2.75) is 26.2 Å². The maximum Gasteiger partial charge on any atom is 0.137 e. The minimum absolute atomic E-state index is 0.00918. The Kier molecular flexibility index (Phi) is 9.70. The lowest BCUT2D eigenvalue weighted by molar-refractivity contribution is 0.590. The molecule has 0 bridgehead atoms. The Morgan fingerprint density at radius 1 is 0.271 bits per heavy atom. The summed E-state index contributed by atoms with van der Waals surface area (Å²) in [6.45, 7) is 6.80. The van der Waals surface area contributed by atoms with Crippen LogP contribution >= 0.6 is 0 Å². The third kappa shape index (κ3) is 7.33. The number of fused-ring (bicyclic) bond motifs is 8. The third-order valence-electron chi connectivity index (χ3n) is 13.9. The maximum absolute atomic E-state index is 6.80. The molecule has 0 radical (unpaired) electrons. The Morgan fingerprint density at radius 3 is 1.33 bits per heavy atom. The fourth-order valence-electron chi connectivity index (χ4n) is 10.3. The van der Waals surface area contributed by atoms with Crippen LogP contribution in [-0.4, -0.2) is 0 Å². The molecular weight excluding hydrogens is 853 g/mol. The topological polar surface area (TPSA) is 32.8 Å². The van der Waals surface area contributed by atoms with Gasteiger partial charge in [-0.25, -0.2) is 0 Å². The summed E-state index contributed by atoms with van der Waals surface area (Å²) < 4.78 is 13.6. The van der Waals surface area contributed by atoms with Crippen LogP contribution in [0.5, 0.6) is 0 Å². The second-order valence-electron chi connectivity index (χ2n) is 19.4. The van der Waals surface area contributed by atoms with Gasteiger partial charge < -0.3 is 18.6 Å². The average Bonchev–Trinajstić information content (AvgIpc) is 3.94. The van der Waals surface area contributed by atoms with Crippen molar-refractivity contribution in [2.24, 2.45) is 0 Å². The molecule has 0 saturated heterocycles. The van der Waals surface area contributed by atoms with Gasteiger partial charge in [0, 0.05) is 67.8 Å². The number of nitrogens with zero attached hydrogens (tertiary/aromatic N) is 2. The van der Waals surface area contributed by atoms with E-state index < -0.39 is 0 Å². The lowest BCUT2D eigenvalue weighted by Crippen LogP contribution is -2.14. The van der Waals surface area contributed by atoms with Gasteiger partial charge in [0.2, 0.25) is 0 Å². The van der Waals surface area contributed by atoms with Crippen LogP contribution in [0.3, 0.4) is 0 Å². The van der Waals surface area contributed by atoms with Crippen LogP contribution in [0, 0.1) is 0 Å². The molecule has 0 saturated carbocycles. The average molecular weight is 901 g/mol. The molecule has 0 N–H and O–H groups in total. The Hall–Kier alpha value is -8.86. The van der Waals surface area contributed by atoms with Crippen LogP contribution in [0.15, 0.2) is 245 Å². The molecule has 70 heavy (non-hydrogen) atoms. The van der Waals surface area contributed by atoms with Gasteiger partial charge in [0.05, 0.1) is 0 Å². The van der Waals surface area contributed by atoms with Crippen LogP contribution in [0.2, 0.25) is 0 Å². The predicted molar refractivity (Wildman–Crippen MR) is 295 cm³/mol. The first kappa shape index (κ1) is 41.3. The van der Waals surface area contributed by atoms with Crippen LogP contribution in [0.1, 0.15) is 26.3 Å². The molecule has 0 amide bonds. The second-order valence-corrected chi connectivity index (χ2v) is 19.4. The molecule has 13 rings (SSSR count). The Bertz CT molecular complexity index is 4100. The zero-order valence-corrected chi connectivity index (χ0v) is 39.2. The van der Waals surface area contributed by atoms with Crippen molar-refractivity contribution in [2.75, 3.05) is 9.80 Å². The molecule has 0 aliphatic heterocycles. The molecule has 0 aliphatic rings. The standard InChI is InChI=1S/C66H48N2O2/c1-66(2,3)51-21-13-23-54(40-51)68(53-22-12-20-48(34-53)44-16-8-5-9-17-44)57-31-33-59-61-37-50-38-62-60(36-49(50)39-63(61)70-65(59)42-57)58-32-30-56(41-64(58)69-62)67(55-29-26-45-18-10-11-19-47(45)35-55)52-27-24-46(25-28-52)43-14-6-4-7-15-43/h4-42H,1-3H3. The number of furan rings is 2. The monoisotopic (exact) mass is 900 g/mol. The minimum Gasteiger partial charge on any atom is -0.456 e. The molecule has 4 nitrogen and oxygen atoms in total. The van der Waals surface area contributed by atoms with E-state index in [1.54, 1.807) is 0 Å². The predicted octanol–water partition coefficient (Wildman–Crippen LogP) is 19.4. The van der Waals surface area contributed by atoms with E-state index in [4.69, 9.17) is 8.83 Å². The highest BCUT2D eigenvalue weighted by molar-refractivity contribution is 6.16. The van der Waals surface area contributed by atoms with Gasteiger partial charge in [0.1, 0.15) is 22.3 Å². The number of hydrogen-bond donors (Lipinski definition) is 0. The lowest BCUT2D eigenvalue weighted by atomic mass is 9.87. The fourth-order valence-corrected chi connectivity index (χ4v) is 10.3. The Balaban J connectivity index is 0.893. The van der Waals surface area contributed by atoms with Crippen LogP contribution < -0.4 is 9.80 Å². The molecule has 0 unspecified atom stereocenters. The summed E-state index contributed by atoms with van der Waals surface area (Å²) in [6.07, 6.45) is 0. The highest BCUT2D eigenvalue weighted by atomic mass is 16.3. The quantitative estimate of drug-likeness (QED) is 0.152. The van der Waals surface area contributed by atoms with Crippen molar-refractivity contribution in [3.8, 4) is 22.3 Å². The maximum atomic E-state index is 6.80. The molecule has 13 aromatic rings. The molecule has 2 heterocycles. The summed E-state index contributed by atoms with van der Waals surface area (Å²) in [5.74, 6) is 0. The van der Waals surface area contributed by atoms with Crippen molar-refractivity contribution in [1.29, 1.82) is 0 Å². The summed E-state index contributed by atoms with van der Waals surface area (Å²) in [6, 6.07) is 84.9. The Labute approximate surface area is 406 Å². The van der Waals surface area contributed by atoms with Gasteiger partial charge in [0.15, 0.2) is 0 Å². The van der Waals surface area contributed by atoms with Gasteiger partial charge in [-0.3, -0.25) is 0 Å². The Morgan fingerprint density at radius 2 is 0.714 bits per heavy atom. The smallest absolute Gasteiger partial charge is 0.137 e. The van der Waals surface area contributed by atoms with Crippen LogP contribution in [0.25, 0.3) is 87.7 Å². The number of hydrogen-bond acceptors (Lipinski definition) is 4. The highest BCUT2D eigenvalue weighted by Crippen LogP contribution is 2.44. The molecule has 4 heteroatoms. The molecule has 2 aromatic heterocycles. The van der Waals surface area contributed by atoms with Crippen molar-refractivity contribution in [1.82, 2.24) is 0 Å². The molecular formula is C66H48N2O2. The van der Waals surface area contributed by atoms with E-state index in [-0.39, 0.29) is 5.41 Å². The van der Waals surface area contributed by atoms with Gasteiger partial charge in [-0.15, -0.1) is 0 Å². The van der Waals surface area contributed by atoms with Crippen molar-refractivity contribution in [3.05, 3.63) is 242 Å². The molecule has 0 fully saturated rings. The third-order valence-corrected chi connectivity index (χ3v) is 13.9. The largest absolute Gasteiger partial charge is 0.456 e. The van der Waals surface area contributed by atoms with Gasteiger partial charge >= 0.3 is 0 Å². The summed E-state index contributed by atoms with van der Waals surface area (Å²) in [5.41, 5.74) is 15.7. The first-order valence-electron chi connectivity index (χ1n) is 24.0. The van der Waals surface area contributed by atoms with Crippen LogP contribution in [-0.2, 0) is 5.41 Å². The number of rotatable bonds is 8. The summed E-state index contributed by atoms with van der Waals surface area (Å²) in [7, 11) is 0. The zero-order chi connectivity index (χ0) is 46.9. The zero-order valence-electron chi connectivity index (χ0n) is 39.2. The summed E-state index contributed by atoms with van der Waals surface area (Å²) >= 11 is 0.